The summed E-state index contributed by atoms with van der Waals surface area (Å²) in [7, 11) is 0. The number of benzene rings is 2. The van der Waals surface area contributed by atoms with Gasteiger partial charge in [-0.15, -0.1) is 0 Å². The maximum atomic E-state index is 12.1. The van der Waals surface area contributed by atoms with E-state index in [9.17, 15) is 4.79 Å². The van der Waals surface area contributed by atoms with E-state index in [0.29, 0.717) is 33.0 Å². The lowest BCUT2D eigenvalue weighted by molar-refractivity contribution is -0.118. The Bertz CT molecular complexity index is 993. The van der Waals surface area contributed by atoms with Crippen molar-refractivity contribution < 1.29 is 14.3 Å². The average molecular weight is 410 g/mol. The standard InChI is InChI=1S/C17H13Cl2N3O3S/c18-10-4-11(19)16-12(5-10)21-17(22-16)26-7-15(23)20-6-9-1-2-13-14(3-9)25-8-24-13/h1-5H,6-8H2,(H,20,23)(H,21,22). The van der Waals surface area contributed by atoms with Gasteiger partial charge in [0.15, 0.2) is 16.7 Å². The maximum Gasteiger partial charge on any atom is 0.231 e. The van der Waals surface area contributed by atoms with Crippen LogP contribution in [0.15, 0.2) is 35.5 Å². The summed E-state index contributed by atoms with van der Waals surface area (Å²) >= 11 is 13.4. The van der Waals surface area contributed by atoms with E-state index in [1.54, 1.807) is 12.1 Å². The van der Waals surface area contributed by atoms with Crippen LogP contribution in [0.4, 0.5) is 0 Å². The molecular weight excluding hydrogens is 397 g/mol. The second kappa shape index (κ2) is 7.26. The van der Waals surface area contributed by atoms with E-state index in [2.05, 4.69) is 15.3 Å². The number of hydrogen-bond donors (Lipinski definition) is 2. The molecule has 1 aliphatic rings. The van der Waals surface area contributed by atoms with Crippen molar-refractivity contribution in [2.24, 2.45) is 0 Å². The number of halogens is 2. The third-order valence-electron chi connectivity index (χ3n) is 3.75. The van der Waals surface area contributed by atoms with Gasteiger partial charge in [0.1, 0.15) is 5.52 Å². The summed E-state index contributed by atoms with van der Waals surface area (Å²) in [5.41, 5.74) is 2.32. The topological polar surface area (TPSA) is 76.2 Å². The lowest BCUT2D eigenvalue weighted by Crippen LogP contribution is -2.24. The number of carbonyl (C=O) groups excluding carboxylic acids is 1. The summed E-state index contributed by atoms with van der Waals surface area (Å²) in [5, 5.41) is 4.49. The van der Waals surface area contributed by atoms with E-state index in [4.69, 9.17) is 32.7 Å². The molecule has 2 N–H and O–H groups in total. The Kier molecular flexibility index (Phi) is 4.84. The molecule has 2 heterocycles. The van der Waals surface area contributed by atoms with Gasteiger partial charge in [-0.25, -0.2) is 4.98 Å². The van der Waals surface area contributed by atoms with E-state index in [-0.39, 0.29) is 18.5 Å². The summed E-state index contributed by atoms with van der Waals surface area (Å²) in [5.74, 6) is 1.55. The number of fused-ring (bicyclic) bond motifs is 2. The summed E-state index contributed by atoms with van der Waals surface area (Å²) in [6.45, 7) is 0.645. The van der Waals surface area contributed by atoms with Crippen LogP contribution < -0.4 is 14.8 Å². The minimum absolute atomic E-state index is 0.0998. The van der Waals surface area contributed by atoms with Crippen molar-refractivity contribution in [3.8, 4) is 11.5 Å². The molecule has 0 aliphatic carbocycles. The van der Waals surface area contributed by atoms with Gasteiger partial charge in [0.2, 0.25) is 12.7 Å². The molecule has 0 radical (unpaired) electrons. The number of imidazole rings is 1. The Hall–Kier alpha value is -2.09. The predicted octanol–water partition coefficient (Wildman–Crippen LogP) is 4.01. The molecule has 26 heavy (non-hydrogen) atoms. The molecule has 3 aromatic rings. The molecule has 1 aromatic heterocycles. The van der Waals surface area contributed by atoms with Gasteiger partial charge in [0.05, 0.1) is 16.3 Å². The monoisotopic (exact) mass is 409 g/mol. The Balaban J connectivity index is 1.33. The van der Waals surface area contributed by atoms with E-state index in [1.807, 2.05) is 18.2 Å². The van der Waals surface area contributed by atoms with Crippen LogP contribution in [0.1, 0.15) is 5.56 Å². The number of amides is 1. The number of thioether (sulfide) groups is 1. The molecule has 0 atom stereocenters. The van der Waals surface area contributed by atoms with Gasteiger partial charge < -0.3 is 19.8 Å². The normalized spacial score (nSPS) is 12.5. The number of rotatable bonds is 5. The van der Waals surface area contributed by atoms with Crippen molar-refractivity contribution >= 4 is 51.9 Å². The average Bonchev–Trinajstić information content (AvgIpc) is 3.24. The molecule has 4 rings (SSSR count). The largest absolute Gasteiger partial charge is 0.454 e. The molecule has 0 fully saturated rings. The predicted molar refractivity (Wildman–Crippen MR) is 101 cm³/mol. The van der Waals surface area contributed by atoms with Crippen molar-refractivity contribution in [2.45, 2.75) is 11.7 Å². The van der Waals surface area contributed by atoms with Crippen LogP contribution in [0.5, 0.6) is 11.5 Å². The van der Waals surface area contributed by atoms with Gasteiger partial charge in [0, 0.05) is 11.6 Å². The summed E-state index contributed by atoms with van der Waals surface area (Å²) in [4.78, 5) is 19.6. The number of H-pyrrole nitrogens is 1. The number of ether oxygens (including phenoxy) is 2. The first-order chi connectivity index (χ1) is 12.6. The fourth-order valence-corrected chi connectivity index (χ4v) is 3.77. The van der Waals surface area contributed by atoms with Crippen LogP contribution >= 0.6 is 35.0 Å². The quantitative estimate of drug-likeness (QED) is 0.622. The minimum atomic E-state index is -0.0998. The molecule has 0 spiro atoms. The highest BCUT2D eigenvalue weighted by Crippen LogP contribution is 2.32. The van der Waals surface area contributed by atoms with Gasteiger partial charge in [-0.1, -0.05) is 41.0 Å². The summed E-state index contributed by atoms with van der Waals surface area (Å²) in [6.07, 6.45) is 0. The van der Waals surface area contributed by atoms with Crippen LogP contribution in [-0.4, -0.2) is 28.4 Å². The number of carbonyl (C=O) groups is 1. The molecule has 0 bridgehead atoms. The Morgan fingerprint density at radius 2 is 2.08 bits per heavy atom. The second-order valence-electron chi connectivity index (χ2n) is 5.58. The van der Waals surface area contributed by atoms with Crippen molar-refractivity contribution in [3.05, 3.63) is 45.9 Å². The SMILES string of the molecule is O=C(CSc1nc2c(Cl)cc(Cl)cc2[nH]1)NCc1ccc2c(c1)OCO2. The Morgan fingerprint density at radius 1 is 1.23 bits per heavy atom. The highest BCUT2D eigenvalue weighted by Gasteiger charge is 2.14. The number of hydrogen-bond acceptors (Lipinski definition) is 5. The van der Waals surface area contributed by atoms with E-state index >= 15 is 0 Å². The first-order valence-corrected chi connectivity index (χ1v) is 9.45. The fraction of sp³-hybridized carbons (Fsp3) is 0.176. The zero-order valence-electron chi connectivity index (χ0n) is 13.3. The van der Waals surface area contributed by atoms with Crippen LogP contribution in [0.25, 0.3) is 11.0 Å². The van der Waals surface area contributed by atoms with Crippen LogP contribution in [0, 0.1) is 0 Å². The third kappa shape index (κ3) is 3.70. The Labute approximate surface area is 163 Å². The molecule has 1 amide bonds. The molecule has 9 heteroatoms. The van der Waals surface area contributed by atoms with Crippen molar-refractivity contribution in [1.82, 2.24) is 15.3 Å². The van der Waals surface area contributed by atoms with E-state index in [1.165, 1.54) is 11.8 Å². The zero-order valence-corrected chi connectivity index (χ0v) is 15.7. The second-order valence-corrected chi connectivity index (χ2v) is 7.39. The fourth-order valence-electron chi connectivity index (χ4n) is 2.52. The molecule has 0 unspecified atom stereocenters. The van der Waals surface area contributed by atoms with Crippen molar-refractivity contribution in [3.63, 3.8) is 0 Å². The van der Waals surface area contributed by atoms with Gasteiger partial charge >= 0.3 is 0 Å². The lowest BCUT2D eigenvalue weighted by atomic mass is 10.2. The van der Waals surface area contributed by atoms with Gasteiger partial charge in [-0.3, -0.25) is 4.79 Å². The highest BCUT2D eigenvalue weighted by molar-refractivity contribution is 7.99. The first kappa shape index (κ1) is 17.3. The van der Waals surface area contributed by atoms with E-state index in [0.717, 1.165) is 16.8 Å². The molecule has 0 saturated carbocycles. The van der Waals surface area contributed by atoms with Crippen LogP contribution in [0.3, 0.4) is 0 Å². The molecular formula is C17H13Cl2N3O3S. The number of aromatic nitrogens is 2. The van der Waals surface area contributed by atoms with Crippen LogP contribution in [-0.2, 0) is 11.3 Å². The molecule has 134 valence electrons. The molecule has 2 aromatic carbocycles. The zero-order chi connectivity index (χ0) is 18.1. The smallest absolute Gasteiger partial charge is 0.231 e. The number of nitrogens with one attached hydrogen (secondary N) is 2. The molecule has 0 saturated heterocycles. The van der Waals surface area contributed by atoms with Crippen molar-refractivity contribution in [1.29, 1.82) is 0 Å². The first-order valence-electron chi connectivity index (χ1n) is 7.71. The number of nitrogens with zero attached hydrogens (tertiary/aromatic N) is 1. The van der Waals surface area contributed by atoms with Crippen LogP contribution in [0.2, 0.25) is 10.0 Å². The number of aromatic amines is 1. The van der Waals surface area contributed by atoms with Gasteiger partial charge in [0.25, 0.3) is 0 Å². The highest BCUT2D eigenvalue weighted by atomic mass is 35.5. The summed E-state index contributed by atoms with van der Waals surface area (Å²) < 4.78 is 10.6. The van der Waals surface area contributed by atoms with Crippen molar-refractivity contribution in [2.75, 3.05) is 12.5 Å². The van der Waals surface area contributed by atoms with Gasteiger partial charge in [-0.05, 0) is 29.8 Å². The molecule has 1 aliphatic heterocycles. The molecule has 6 nitrogen and oxygen atoms in total. The maximum absolute atomic E-state index is 12.1. The minimum Gasteiger partial charge on any atom is -0.454 e. The Morgan fingerprint density at radius 3 is 2.96 bits per heavy atom. The van der Waals surface area contributed by atoms with Gasteiger partial charge in [-0.2, -0.15) is 0 Å². The van der Waals surface area contributed by atoms with E-state index < -0.39 is 0 Å². The third-order valence-corrected chi connectivity index (χ3v) is 5.13. The lowest BCUT2D eigenvalue weighted by Gasteiger charge is -2.05. The summed E-state index contributed by atoms with van der Waals surface area (Å²) in [6, 6.07) is 8.98.